The molecule has 1 fully saturated rings. The molecule has 1 aliphatic heterocycles. The molecule has 6 heteroatoms. The van der Waals surface area contributed by atoms with Gasteiger partial charge in [-0.1, -0.05) is 0 Å². The summed E-state index contributed by atoms with van der Waals surface area (Å²) in [6.07, 6.45) is 0.0986. The lowest BCUT2D eigenvalue weighted by Crippen LogP contribution is -2.40. The summed E-state index contributed by atoms with van der Waals surface area (Å²) >= 11 is 0. The average Bonchev–Trinajstić information content (AvgIpc) is 3.04. The highest BCUT2D eigenvalue weighted by Crippen LogP contribution is 2.34. The summed E-state index contributed by atoms with van der Waals surface area (Å²) in [5.74, 6) is 0.780. The number of methoxy groups -OCH3 is 1. The van der Waals surface area contributed by atoms with Crippen LogP contribution in [0.4, 0.5) is 5.69 Å². The lowest BCUT2D eigenvalue weighted by molar-refractivity contribution is 0.00432. The Morgan fingerprint density at radius 1 is 1.14 bits per heavy atom. The topological polar surface area (TPSA) is 69.7 Å². The summed E-state index contributed by atoms with van der Waals surface area (Å²) in [5, 5.41) is 0.935. The summed E-state index contributed by atoms with van der Waals surface area (Å²) in [4.78, 5) is 15.8. The number of fused-ring (bicyclic) bond motifs is 1. The molecule has 2 N–H and O–H groups in total. The third-order valence-electron chi connectivity index (χ3n) is 5.80. The molecule has 29 heavy (non-hydrogen) atoms. The van der Waals surface area contributed by atoms with Gasteiger partial charge < -0.3 is 19.8 Å². The van der Waals surface area contributed by atoms with Crippen LogP contribution in [0.1, 0.15) is 34.7 Å². The first-order valence-corrected chi connectivity index (χ1v) is 9.92. The lowest BCUT2D eigenvalue weighted by atomic mass is 10.00. The van der Waals surface area contributed by atoms with Crippen LogP contribution in [-0.2, 0) is 4.74 Å². The van der Waals surface area contributed by atoms with Gasteiger partial charge in [-0.3, -0.25) is 9.69 Å². The number of nitrogens with two attached hydrogens (primary N) is 1. The number of benzene rings is 2. The molecule has 1 atom stereocenters. The maximum absolute atomic E-state index is 13.4. The van der Waals surface area contributed by atoms with Gasteiger partial charge in [-0.15, -0.1) is 0 Å². The largest absolute Gasteiger partial charge is 0.497 e. The van der Waals surface area contributed by atoms with E-state index in [1.165, 1.54) is 0 Å². The summed E-state index contributed by atoms with van der Waals surface area (Å²) in [6, 6.07) is 13.0. The van der Waals surface area contributed by atoms with Crippen molar-refractivity contribution in [2.24, 2.45) is 0 Å². The summed E-state index contributed by atoms with van der Waals surface area (Å²) < 4.78 is 13.2. The predicted octanol–water partition coefficient (Wildman–Crippen LogP) is 3.62. The minimum Gasteiger partial charge on any atom is -0.497 e. The van der Waals surface area contributed by atoms with Crippen LogP contribution in [0.5, 0.6) is 5.75 Å². The first-order chi connectivity index (χ1) is 14.0. The predicted molar refractivity (Wildman–Crippen MR) is 115 cm³/mol. The van der Waals surface area contributed by atoms with Gasteiger partial charge in [0.2, 0.25) is 0 Å². The van der Waals surface area contributed by atoms with E-state index in [0.29, 0.717) is 11.3 Å². The number of ether oxygens (including phenoxy) is 2. The lowest BCUT2D eigenvalue weighted by Gasteiger charge is -2.34. The van der Waals surface area contributed by atoms with Gasteiger partial charge in [-0.2, -0.15) is 0 Å². The van der Waals surface area contributed by atoms with E-state index in [-0.39, 0.29) is 11.9 Å². The molecular formula is C23H27N3O3. The number of rotatable bonds is 5. The van der Waals surface area contributed by atoms with E-state index < -0.39 is 0 Å². The van der Waals surface area contributed by atoms with Crippen LogP contribution in [0.25, 0.3) is 10.9 Å². The number of nitrogen functional groups attached to an aromatic ring is 1. The molecular weight excluding hydrogens is 366 g/mol. The van der Waals surface area contributed by atoms with E-state index in [1.807, 2.05) is 25.1 Å². The van der Waals surface area contributed by atoms with Crippen LogP contribution >= 0.6 is 0 Å². The van der Waals surface area contributed by atoms with Gasteiger partial charge in [-0.25, -0.2) is 0 Å². The molecule has 0 saturated carbocycles. The fourth-order valence-corrected chi connectivity index (χ4v) is 4.21. The highest BCUT2D eigenvalue weighted by molar-refractivity contribution is 6.17. The van der Waals surface area contributed by atoms with Crippen molar-refractivity contribution in [1.82, 2.24) is 9.47 Å². The normalized spacial score (nSPS) is 16.1. The van der Waals surface area contributed by atoms with Crippen molar-refractivity contribution in [3.63, 3.8) is 0 Å². The maximum atomic E-state index is 13.4. The SMILES string of the molecule is COc1ccc2c(C(=O)c3ccc(N)cc3)c(C)n(C(C)N3CCOCC3)c2c1. The van der Waals surface area contributed by atoms with E-state index >= 15 is 0 Å². The van der Waals surface area contributed by atoms with Gasteiger partial charge in [0.15, 0.2) is 5.78 Å². The van der Waals surface area contributed by atoms with Crippen molar-refractivity contribution in [1.29, 1.82) is 0 Å². The van der Waals surface area contributed by atoms with Crippen LogP contribution in [-0.4, -0.2) is 48.7 Å². The van der Waals surface area contributed by atoms with Crippen LogP contribution in [0.15, 0.2) is 42.5 Å². The molecule has 0 radical (unpaired) electrons. The van der Waals surface area contributed by atoms with Crippen molar-refractivity contribution in [3.05, 3.63) is 59.3 Å². The van der Waals surface area contributed by atoms with Crippen LogP contribution in [0.3, 0.4) is 0 Å². The fraction of sp³-hybridized carbons (Fsp3) is 0.348. The van der Waals surface area contributed by atoms with E-state index in [1.54, 1.807) is 31.4 Å². The first-order valence-electron chi connectivity index (χ1n) is 9.92. The fourth-order valence-electron chi connectivity index (χ4n) is 4.21. The Morgan fingerprint density at radius 2 is 1.83 bits per heavy atom. The van der Waals surface area contributed by atoms with Crippen molar-refractivity contribution >= 4 is 22.4 Å². The van der Waals surface area contributed by atoms with Crippen LogP contribution in [0.2, 0.25) is 0 Å². The Balaban J connectivity index is 1.87. The zero-order valence-corrected chi connectivity index (χ0v) is 17.1. The molecule has 6 nitrogen and oxygen atoms in total. The number of aromatic nitrogens is 1. The van der Waals surface area contributed by atoms with E-state index in [2.05, 4.69) is 16.4 Å². The number of hydrogen-bond donors (Lipinski definition) is 1. The molecule has 152 valence electrons. The number of ketones is 1. The second kappa shape index (κ2) is 7.89. The average molecular weight is 393 g/mol. The third-order valence-corrected chi connectivity index (χ3v) is 5.80. The standard InChI is InChI=1S/C23H27N3O3/c1-15-22(23(27)17-4-6-18(24)7-5-17)20-9-8-19(28-3)14-21(20)26(15)16(2)25-10-12-29-13-11-25/h4-9,14,16H,10-13,24H2,1-3H3. The molecule has 0 amide bonds. The molecule has 1 aromatic heterocycles. The Labute approximate surface area is 170 Å². The summed E-state index contributed by atoms with van der Waals surface area (Å²) in [5.41, 5.74) is 9.76. The molecule has 1 unspecified atom stereocenters. The van der Waals surface area contributed by atoms with Gasteiger partial charge in [0, 0.05) is 41.5 Å². The number of anilines is 1. The molecule has 1 aliphatic rings. The molecule has 0 spiro atoms. The van der Waals surface area contributed by atoms with Gasteiger partial charge in [0.1, 0.15) is 5.75 Å². The third kappa shape index (κ3) is 3.50. The van der Waals surface area contributed by atoms with Crippen LogP contribution in [0, 0.1) is 6.92 Å². The minimum atomic E-state index is 0.00518. The highest BCUT2D eigenvalue weighted by atomic mass is 16.5. The highest BCUT2D eigenvalue weighted by Gasteiger charge is 2.27. The second-order valence-corrected chi connectivity index (χ2v) is 7.44. The second-order valence-electron chi connectivity index (χ2n) is 7.44. The van der Waals surface area contributed by atoms with Crippen molar-refractivity contribution in [2.45, 2.75) is 20.0 Å². The van der Waals surface area contributed by atoms with Gasteiger partial charge in [0.05, 0.1) is 37.6 Å². The summed E-state index contributed by atoms with van der Waals surface area (Å²) in [6.45, 7) is 7.38. The monoisotopic (exact) mass is 393 g/mol. The van der Waals surface area contributed by atoms with Crippen molar-refractivity contribution in [3.8, 4) is 5.75 Å². The van der Waals surface area contributed by atoms with E-state index in [0.717, 1.165) is 54.2 Å². The Hall–Kier alpha value is -2.83. The quantitative estimate of drug-likeness (QED) is 0.530. The van der Waals surface area contributed by atoms with E-state index in [4.69, 9.17) is 15.2 Å². The van der Waals surface area contributed by atoms with E-state index in [9.17, 15) is 4.79 Å². The van der Waals surface area contributed by atoms with Crippen molar-refractivity contribution < 1.29 is 14.3 Å². The molecule has 2 aromatic carbocycles. The Morgan fingerprint density at radius 3 is 2.48 bits per heavy atom. The number of hydrogen-bond acceptors (Lipinski definition) is 5. The Bertz CT molecular complexity index is 1030. The minimum absolute atomic E-state index is 0.00518. The first kappa shape index (κ1) is 19.5. The number of carbonyl (C=O) groups excluding carboxylic acids is 1. The summed E-state index contributed by atoms with van der Waals surface area (Å²) in [7, 11) is 1.66. The van der Waals surface area contributed by atoms with Crippen LogP contribution < -0.4 is 10.5 Å². The van der Waals surface area contributed by atoms with Gasteiger partial charge in [0.25, 0.3) is 0 Å². The molecule has 2 heterocycles. The zero-order chi connectivity index (χ0) is 20.5. The van der Waals surface area contributed by atoms with Gasteiger partial charge in [-0.05, 0) is 50.2 Å². The maximum Gasteiger partial charge on any atom is 0.195 e. The molecule has 0 aliphatic carbocycles. The van der Waals surface area contributed by atoms with Gasteiger partial charge >= 0.3 is 0 Å². The van der Waals surface area contributed by atoms with Crippen molar-refractivity contribution in [2.75, 3.05) is 39.1 Å². The smallest absolute Gasteiger partial charge is 0.195 e. The molecule has 4 rings (SSSR count). The Kier molecular flexibility index (Phi) is 5.30. The molecule has 3 aromatic rings. The number of carbonyl (C=O) groups is 1. The molecule has 0 bridgehead atoms. The number of morpholine rings is 1. The zero-order valence-electron chi connectivity index (χ0n) is 17.1. The molecule has 1 saturated heterocycles. The number of nitrogens with zero attached hydrogens (tertiary/aromatic N) is 2.